The number of rotatable bonds is 4. The Labute approximate surface area is 140 Å². The molecule has 0 spiro atoms. The number of anilines is 1. The maximum Gasteiger partial charge on any atom is 0.288 e. The van der Waals surface area contributed by atoms with E-state index in [0.717, 1.165) is 21.3 Å². The summed E-state index contributed by atoms with van der Waals surface area (Å²) in [5, 5.41) is 13.7. The van der Waals surface area contributed by atoms with Crippen LogP contribution in [0.1, 0.15) is 18.5 Å². The number of pyridine rings is 1. The van der Waals surface area contributed by atoms with E-state index in [2.05, 4.69) is 21.2 Å². The molecule has 0 aliphatic carbocycles. The first-order valence-electron chi connectivity index (χ1n) is 6.73. The molecule has 2 rings (SSSR count). The second kappa shape index (κ2) is 6.74. The summed E-state index contributed by atoms with van der Waals surface area (Å²) in [6.45, 7) is 2.99. The van der Waals surface area contributed by atoms with Gasteiger partial charge in [0.05, 0.1) is 11.1 Å². The smallest absolute Gasteiger partial charge is 0.288 e. The van der Waals surface area contributed by atoms with Crippen LogP contribution >= 0.6 is 15.9 Å². The maximum atomic E-state index is 12.3. The molecule has 1 aromatic carbocycles. The molecule has 0 saturated carbocycles. The number of amides is 1. The number of benzene rings is 1. The lowest BCUT2D eigenvalue weighted by Crippen LogP contribution is -2.31. The average molecular weight is 380 g/mol. The first-order valence-corrected chi connectivity index (χ1v) is 7.52. The van der Waals surface area contributed by atoms with E-state index in [0.29, 0.717) is 5.69 Å². The Balaban J connectivity index is 2.29. The van der Waals surface area contributed by atoms with Crippen LogP contribution in [0.2, 0.25) is 0 Å². The zero-order valence-electron chi connectivity index (χ0n) is 12.4. The molecule has 1 aromatic heterocycles. The molecular formula is C15H14BrN3O4. The lowest BCUT2D eigenvalue weighted by Gasteiger charge is -2.15. The van der Waals surface area contributed by atoms with Gasteiger partial charge in [-0.05, 0) is 38.1 Å². The summed E-state index contributed by atoms with van der Waals surface area (Å²) in [7, 11) is 0. The normalized spacial score (nSPS) is 11.8. The van der Waals surface area contributed by atoms with Gasteiger partial charge in [0.15, 0.2) is 0 Å². The number of hydrogen-bond acceptors (Lipinski definition) is 4. The number of aryl methyl sites for hydroxylation is 1. The van der Waals surface area contributed by atoms with Gasteiger partial charge in [-0.25, -0.2) is 0 Å². The quantitative estimate of drug-likeness (QED) is 0.652. The van der Waals surface area contributed by atoms with E-state index in [9.17, 15) is 19.7 Å². The van der Waals surface area contributed by atoms with Crippen LogP contribution in [0, 0.1) is 17.0 Å². The van der Waals surface area contributed by atoms with Crippen LogP contribution in [0.5, 0.6) is 0 Å². The summed E-state index contributed by atoms with van der Waals surface area (Å²) in [5.41, 5.74) is 0.163. The van der Waals surface area contributed by atoms with Crippen LogP contribution < -0.4 is 10.9 Å². The van der Waals surface area contributed by atoms with Crippen LogP contribution in [-0.4, -0.2) is 15.4 Å². The Morgan fingerprint density at radius 2 is 1.96 bits per heavy atom. The van der Waals surface area contributed by atoms with Gasteiger partial charge in [-0.1, -0.05) is 15.9 Å². The van der Waals surface area contributed by atoms with Crippen molar-refractivity contribution in [3.8, 4) is 0 Å². The van der Waals surface area contributed by atoms with Gasteiger partial charge in [-0.15, -0.1) is 0 Å². The highest BCUT2D eigenvalue weighted by molar-refractivity contribution is 9.10. The summed E-state index contributed by atoms with van der Waals surface area (Å²) < 4.78 is 1.92. The maximum absolute atomic E-state index is 12.3. The molecule has 120 valence electrons. The van der Waals surface area contributed by atoms with Crippen molar-refractivity contribution in [3.05, 3.63) is 67.0 Å². The molecular weight excluding hydrogens is 366 g/mol. The SMILES string of the molecule is Cc1cc(=O)n(C(C)C(=O)Nc2ccc(Br)cc2)cc1[N+](=O)[O-]. The zero-order chi connectivity index (χ0) is 17.1. The standard InChI is InChI=1S/C15H14BrN3O4/c1-9-7-14(20)18(8-13(9)19(22)23)10(2)15(21)17-12-5-3-11(16)4-6-12/h3-8,10H,1-2H3,(H,17,21). The van der Waals surface area contributed by atoms with Crippen LogP contribution in [-0.2, 0) is 4.79 Å². The highest BCUT2D eigenvalue weighted by atomic mass is 79.9. The summed E-state index contributed by atoms with van der Waals surface area (Å²) in [6.07, 6.45) is 1.10. The van der Waals surface area contributed by atoms with E-state index in [1.807, 2.05) is 0 Å². The fourth-order valence-corrected chi connectivity index (χ4v) is 2.30. The highest BCUT2D eigenvalue weighted by Gasteiger charge is 2.20. The zero-order valence-corrected chi connectivity index (χ0v) is 14.0. The highest BCUT2D eigenvalue weighted by Crippen LogP contribution is 2.18. The first-order chi connectivity index (χ1) is 10.8. The van der Waals surface area contributed by atoms with Gasteiger partial charge in [-0.3, -0.25) is 24.3 Å². The van der Waals surface area contributed by atoms with Gasteiger partial charge in [0, 0.05) is 21.8 Å². The molecule has 7 nitrogen and oxygen atoms in total. The Hall–Kier alpha value is -2.48. The van der Waals surface area contributed by atoms with Crippen molar-refractivity contribution >= 4 is 33.2 Å². The largest absolute Gasteiger partial charge is 0.324 e. The van der Waals surface area contributed by atoms with E-state index in [1.54, 1.807) is 24.3 Å². The van der Waals surface area contributed by atoms with Gasteiger partial charge in [-0.2, -0.15) is 0 Å². The van der Waals surface area contributed by atoms with E-state index in [-0.39, 0.29) is 11.3 Å². The minimum Gasteiger partial charge on any atom is -0.324 e. The minimum atomic E-state index is -0.884. The summed E-state index contributed by atoms with van der Waals surface area (Å²) in [6, 6.07) is 7.21. The Kier molecular flexibility index (Phi) is 4.95. The number of aromatic nitrogens is 1. The van der Waals surface area contributed by atoms with Crippen molar-refractivity contribution in [2.75, 3.05) is 5.32 Å². The monoisotopic (exact) mass is 379 g/mol. The van der Waals surface area contributed by atoms with Crippen LogP contribution in [0.25, 0.3) is 0 Å². The average Bonchev–Trinajstić information content (AvgIpc) is 2.48. The molecule has 1 N–H and O–H groups in total. The second-order valence-corrected chi connectivity index (χ2v) is 5.93. The van der Waals surface area contributed by atoms with E-state index in [4.69, 9.17) is 0 Å². The van der Waals surface area contributed by atoms with Crippen molar-refractivity contribution in [1.82, 2.24) is 4.57 Å². The number of carbonyl (C=O) groups excluding carboxylic acids is 1. The first kappa shape index (κ1) is 16.9. The van der Waals surface area contributed by atoms with Gasteiger partial charge in [0.2, 0.25) is 5.91 Å². The van der Waals surface area contributed by atoms with Crippen molar-refractivity contribution < 1.29 is 9.72 Å². The molecule has 1 unspecified atom stereocenters. The van der Waals surface area contributed by atoms with E-state index < -0.39 is 22.4 Å². The van der Waals surface area contributed by atoms with Gasteiger partial charge in [0.1, 0.15) is 6.04 Å². The lowest BCUT2D eigenvalue weighted by atomic mass is 10.2. The number of nitrogens with one attached hydrogen (secondary N) is 1. The number of nitro groups is 1. The molecule has 0 fully saturated rings. The molecule has 0 aliphatic rings. The molecule has 1 atom stereocenters. The molecule has 2 aromatic rings. The minimum absolute atomic E-state index is 0.201. The topological polar surface area (TPSA) is 94.2 Å². The van der Waals surface area contributed by atoms with Gasteiger partial charge < -0.3 is 5.32 Å². The molecule has 0 bridgehead atoms. The van der Waals surface area contributed by atoms with Crippen molar-refractivity contribution in [3.63, 3.8) is 0 Å². The summed E-state index contributed by atoms with van der Waals surface area (Å²) in [5.74, 6) is -0.437. The predicted molar refractivity (Wildman–Crippen MR) is 89.6 cm³/mol. The fraction of sp³-hybridized carbons (Fsp3) is 0.200. The van der Waals surface area contributed by atoms with E-state index >= 15 is 0 Å². The van der Waals surface area contributed by atoms with Crippen molar-refractivity contribution in [2.24, 2.45) is 0 Å². The summed E-state index contributed by atoms with van der Waals surface area (Å²) in [4.78, 5) is 34.7. The Morgan fingerprint density at radius 3 is 2.52 bits per heavy atom. The second-order valence-electron chi connectivity index (χ2n) is 5.02. The molecule has 8 heteroatoms. The van der Waals surface area contributed by atoms with Crippen LogP contribution in [0.4, 0.5) is 11.4 Å². The lowest BCUT2D eigenvalue weighted by molar-refractivity contribution is -0.386. The number of halogens is 1. The Morgan fingerprint density at radius 1 is 1.35 bits per heavy atom. The number of carbonyl (C=O) groups is 1. The number of hydrogen-bond donors (Lipinski definition) is 1. The van der Waals surface area contributed by atoms with Crippen molar-refractivity contribution in [2.45, 2.75) is 19.9 Å². The van der Waals surface area contributed by atoms with Gasteiger partial charge in [0.25, 0.3) is 11.2 Å². The predicted octanol–water partition coefficient (Wildman–Crippen LogP) is 3.03. The molecule has 0 saturated heterocycles. The Bertz CT molecular complexity index is 814. The molecule has 0 aliphatic heterocycles. The third-order valence-corrected chi connectivity index (χ3v) is 3.89. The molecule has 1 heterocycles. The van der Waals surface area contributed by atoms with Crippen LogP contribution in [0.15, 0.2) is 45.8 Å². The van der Waals surface area contributed by atoms with Crippen molar-refractivity contribution in [1.29, 1.82) is 0 Å². The number of nitrogens with zero attached hydrogens (tertiary/aromatic N) is 2. The third-order valence-electron chi connectivity index (χ3n) is 3.37. The molecule has 0 radical (unpaired) electrons. The van der Waals surface area contributed by atoms with Crippen LogP contribution in [0.3, 0.4) is 0 Å². The van der Waals surface area contributed by atoms with Gasteiger partial charge >= 0.3 is 0 Å². The van der Waals surface area contributed by atoms with E-state index in [1.165, 1.54) is 13.8 Å². The summed E-state index contributed by atoms with van der Waals surface area (Å²) >= 11 is 3.29. The molecule has 1 amide bonds. The fourth-order valence-electron chi connectivity index (χ4n) is 2.03. The third kappa shape index (κ3) is 3.84. The molecule has 23 heavy (non-hydrogen) atoms.